The average molecular weight is 380 g/mol. The highest BCUT2D eigenvalue weighted by molar-refractivity contribution is 9.10. The molecule has 0 bridgehead atoms. The predicted molar refractivity (Wildman–Crippen MR) is 86.0 cm³/mol. The Kier molecular flexibility index (Phi) is 8.43. The summed E-state index contributed by atoms with van der Waals surface area (Å²) in [5.41, 5.74) is 1.01. The Morgan fingerprint density at radius 1 is 1.19 bits per heavy atom. The van der Waals surface area contributed by atoms with Crippen LogP contribution in [0, 0.1) is 6.92 Å². The first kappa shape index (κ1) is 18.6. The molecule has 5 nitrogen and oxygen atoms in total. The number of hydrogen-bond donors (Lipinski definition) is 1. The van der Waals surface area contributed by atoms with E-state index in [1.165, 1.54) is 0 Å². The van der Waals surface area contributed by atoms with E-state index in [4.69, 9.17) is 9.47 Å². The van der Waals surface area contributed by atoms with Crippen molar-refractivity contribution in [2.75, 3.05) is 33.5 Å². The molecule has 0 spiro atoms. The van der Waals surface area contributed by atoms with Gasteiger partial charge >= 0.3 is 0 Å². The molecule has 0 aromatic heterocycles. The molecule has 0 fully saturated rings. The van der Waals surface area contributed by atoms with Gasteiger partial charge in [-0.15, -0.1) is 0 Å². The minimum atomic E-state index is -3.47. The van der Waals surface area contributed by atoms with Crippen molar-refractivity contribution in [3.05, 3.63) is 28.2 Å². The second-order valence-electron chi connectivity index (χ2n) is 4.64. The number of rotatable bonds is 10. The Labute approximate surface area is 135 Å². The third-order valence-corrected chi connectivity index (χ3v) is 5.25. The van der Waals surface area contributed by atoms with Gasteiger partial charge in [-0.3, -0.25) is 0 Å². The lowest BCUT2D eigenvalue weighted by atomic mass is 10.2. The number of ether oxygens (including phenoxy) is 2. The van der Waals surface area contributed by atoms with Gasteiger partial charge in [-0.1, -0.05) is 6.07 Å². The first-order valence-electron chi connectivity index (χ1n) is 6.80. The van der Waals surface area contributed by atoms with Crippen LogP contribution in [0.15, 0.2) is 27.6 Å². The van der Waals surface area contributed by atoms with Crippen LogP contribution in [0.3, 0.4) is 0 Å². The molecule has 0 radical (unpaired) electrons. The van der Waals surface area contributed by atoms with Crippen molar-refractivity contribution in [1.29, 1.82) is 0 Å². The molecule has 120 valence electrons. The second-order valence-corrected chi connectivity index (χ2v) is 7.23. The Bertz CT molecular complexity index is 534. The first-order valence-corrected chi connectivity index (χ1v) is 9.07. The van der Waals surface area contributed by atoms with Gasteiger partial charge in [-0.2, -0.15) is 0 Å². The number of sulfonamides is 1. The van der Waals surface area contributed by atoms with Crippen LogP contribution in [0.2, 0.25) is 0 Å². The van der Waals surface area contributed by atoms with E-state index in [9.17, 15) is 8.42 Å². The summed E-state index contributed by atoms with van der Waals surface area (Å²) < 4.78 is 37.7. The van der Waals surface area contributed by atoms with E-state index in [0.717, 1.165) is 18.4 Å². The topological polar surface area (TPSA) is 64.6 Å². The van der Waals surface area contributed by atoms with E-state index in [2.05, 4.69) is 20.7 Å². The Balaban J connectivity index is 2.33. The standard InChI is InChI=1S/C14H22BrNO4S/c1-12-5-6-14(13(15)11-12)21(17,18)16-7-3-4-8-20-10-9-19-2/h5-6,11,16H,3-4,7-10H2,1-2H3. The molecule has 0 aliphatic rings. The molecule has 0 heterocycles. The summed E-state index contributed by atoms with van der Waals surface area (Å²) >= 11 is 3.29. The number of methoxy groups -OCH3 is 1. The molecular weight excluding hydrogens is 358 g/mol. The molecule has 1 aromatic carbocycles. The summed E-state index contributed by atoms with van der Waals surface area (Å²) in [5.74, 6) is 0. The number of unbranched alkanes of at least 4 members (excludes halogenated alkanes) is 1. The first-order chi connectivity index (χ1) is 9.97. The van der Waals surface area contributed by atoms with E-state index in [1.54, 1.807) is 25.3 Å². The van der Waals surface area contributed by atoms with Crippen molar-refractivity contribution in [3.63, 3.8) is 0 Å². The molecule has 0 aliphatic carbocycles. The van der Waals surface area contributed by atoms with E-state index < -0.39 is 10.0 Å². The summed E-state index contributed by atoms with van der Waals surface area (Å²) in [7, 11) is -1.84. The summed E-state index contributed by atoms with van der Waals surface area (Å²) in [4.78, 5) is 0.268. The van der Waals surface area contributed by atoms with Gasteiger partial charge in [0.1, 0.15) is 0 Å². The number of hydrogen-bond acceptors (Lipinski definition) is 4. The Hall–Kier alpha value is -0.470. The fraction of sp³-hybridized carbons (Fsp3) is 0.571. The lowest BCUT2D eigenvalue weighted by molar-refractivity contribution is 0.0689. The Morgan fingerprint density at radius 3 is 2.62 bits per heavy atom. The van der Waals surface area contributed by atoms with Gasteiger partial charge in [0.2, 0.25) is 10.0 Å². The van der Waals surface area contributed by atoms with Crippen molar-refractivity contribution < 1.29 is 17.9 Å². The lowest BCUT2D eigenvalue weighted by Crippen LogP contribution is -2.25. The normalized spacial score (nSPS) is 11.8. The smallest absolute Gasteiger partial charge is 0.241 e. The molecule has 0 amide bonds. The maximum atomic E-state index is 12.1. The third kappa shape index (κ3) is 6.88. The van der Waals surface area contributed by atoms with Gasteiger partial charge < -0.3 is 9.47 Å². The molecule has 0 atom stereocenters. The zero-order chi connectivity index (χ0) is 15.7. The fourth-order valence-electron chi connectivity index (χ4n) is 1.68. The maximum absolute atomic E-state index is 12.1. The molecule has 0 unspecified atom stereocenters. The van der Waals surface area contributed by atoms with Crippen molar-refractivity contribution >= 4 is 26.0 Å². The Morgan fingerprint density at radius 2 is 1.95 bits per heavy atom. The summed E-state index contributed by atoms with van der Waals surface area (Å²) in [6.45, 7) is 4.07. The van der Waals surface area contributed by atoms with Gasteiger partial charge in [0.25, 0.3) is 0 Å². The van der Waals surface area contributed by atoms with Crippen molar-refractivity contribution in [1.82, 2.24) is 4.72 Å². The van der Waals surface area contributed by atoms with E-state index in [0.29, 0.717) is 30.8 Å². The molecule has 21 heavy (non-hydrogen) atoms. The van der Waals surface area contributed by atoms with Crippen LogP contribution >= 0.6 is 15.9 Å². The molecule has 0 saturated carbocycles. The number of halogens is 1. The van der Waals surface area contributed by atoms with Crippen LogP contribution in [0.5, 0.6) is 0 Å². The van der Waals surface area contributed by atoms with Gasteiger partial charge in [0, 0.05) is 24.7 Å². The average Bonchev–Trinajstić information content (AvgIpc) is 2.41. The third-order valence-electron chi connectivity index (χ3n) is 2.82. The quantitative estimate of drug-likeness (QED) is 0.634. The van der Waals surface area contributed by atoms with Gasteiger partial charge in [0.05, 0.1) is 18.1 Å². The highest BCUT2D eigenvalue weighted by Crippen LogP contribution is 2.22. The lowest BCUT2D eigenvalue weighted by Gasteiger charge is -2.09. The maximum Gasteiger partial charge on any atom is 0.241 e. The van der Waals surface area contributed by atoms with Crippen LogP contribution in [0.25, 0.3) is 0 Å². The van der Waals surface area contributed by atoms with Crippen LogP contribution in [-0.4, -0.2) is 41.9 Å². The van der Waals surface area contributed by atoms with Crippen molar-refractivity contribution in [3.8, 4) is 0 Å². The van der Waals surface area contributed by atoms with Crippen LogP contribution in [0.1, 0.15) is 18.4 Å². The SMILES string of the molecule is COCCOCCCCNS(=O)(=O)c1ccc(C)cc1Br. The minimum Gasteiger partial charge on any atom is -0.382 e. The second kappa shape index (κ2) is 9.53. The van der Waals surface area contributed by atoms with E-state index >= 15 is 0 Å². The van der Waals surface area contributed by atoms with Crippen molar-refractivity contribution in [2.24, 2.45) is 0 Å². The molecule has 1 N–H and O–H groups in total. The number of nitrogens with one attached hydrogen (secondary N) is 1. The zero-order valence-corrected chi connectivity index (χ0v) is 14.8. The highest BCUT2D eigenvalue weighted by atomic mass is 79.9. The molecule has 7 heteroatoms. The predicted octanol–water partition coefficient (Wildman–Crippen LogP) is 2.48. The van der Waals surface area contributed by atoms with E-state index in [1.807, 2.05) is 6.92 Å². The van der Waals surface area contributed by atoms with Crippen LogP contribution in [-0.2, 0) is 19.5 Å². The molecule has 0 aliphatic heterocycles. The van der Waals surface area contributed by atoms with E-state index in [-0.39, 0.29) is 4.90 Å². The van der Waals surface area contributed by atoms with Gasteiger partial charge in [-0.25, -0.2) is 13.1 Å². The summed E-state index contributed by atoms with van der Waals surface area (Å²) in [6.07, 6.45) is 1.54. The largest absolute Gasteiger partial charge is 0.382 e. The van der Waals surface area contributed by atoms with Crippen LogP contribution in [0.4, 0.5) is 0 Å². The minimum absolute atomic E-state index is 0.268. The summed E-state index contributed by atoms with van der Waals surface area (Å²) in [6, 6.07) is 5.18. The highest BCUT2D eigenvalue weighted by Gasteiger charge is 2.16. The van der Waals surface area contributed by atoms with Gasteiger partial charge in [0.15, 0.2) is 0 Å². The molecule has 1 aromatic rings. The zero-order valence-electron chi connectivity index (χ0n) is 12.4. The molecular formula is C14H22BrNO4S. The number of aryl methyl sites for hydroxylation is 1. The fourth-order valence-corrected chi connectivity index (χ4v) is 3.95. The van der Waals surface area contributed by atoms with Crippen molar-refractivity contribution in [2.45, 2.75) is 24.7 Å². The molecule has 1 rings (SSSR count). The molecule has 0 saturated heterocycles. The summed E-state index contributed by atoms with van der Waals surface area (Å²) in [5, 5.41) is 0. The van der Waals surface area contributed by atoms with Gasteiger partial charge in [-0.05, 0) is 53.4 Å². The monoisotopic (exact) mass is 379 g/mol. The number of benzene rings is 1. The van der Waals surface area contributed by atoms with Crippen LogP contribution < -0.4 is 4.72 Å².